The van der Waals surface area contributed by atoms with Gasteiger partial charge < -0.3 is 14.2 Å². The molecule has 0 aromatic rings. The van der Waals surface area contributed by atoms with Gasteiger partial charge in [-0.25, -0.2) is 0 Å². The molecule has 0 radical (unpaired) electrons. The summed E-state index contributed by atoms with van der Waals surface area (Å²) < 4.78 is 16.9. The van der Waals surface area contributed by atoms with Crippen LogP contribution < -0.4 is 0 Å². The van der Waals surface area contributed by atoms with E-state index in [1.54, 1.807) is 0 Å². The molecular formula is C67H124O6. The number of rotatable bonds is 60. The second-order valence-corrected chi connectivity index (χ2v) is 22.0. The van der Waals surface area contributed by atoms with Crippen molar-refractivity contribution in [2.45, 2.75) is 361 Å². The monoisotopic (exact) mass is 1020 g/mol. The van der Waals surface area contributed by atoms with Crippen molar-refractivity contribution in [1.29, 1.82) is 0 Å². The van der Waals surface area contributed by atoms with Crippen LogP contribution in [0.2, 0.25) is 0 Å². The molecule has 0 rings (SSSR count). The summed E-state index contributed by atoms with van der Waals surface area (Å²) in [6.07, 6.45) is 75.9. The quantitative estimate of drug-likeness (QED) is 0.0261. The van der Waals surface area contributed by atoms with E-state index in [0.717, 1.165) is 57.8 Å². The molecule has 0 saturated heterocycles. The van der Waals surface area contributed by atoms with E-state index in [1.165, 1.54) is 250 Å². The van der Waals surface area contributed by atoms with Gasteiger partial charge >= 0.3 is 17.9 Å². The average Bonchev–Trinajstić information content (AvgIpc) is 3.39. The first-order chi connectivity index (χ1) is 36.0. The van der Waals surface area contributed by atoms with Crippen LogP contribution in [-0.2, 0) is 28.6 Å². The first-order valence-corrected chi connectivity index (χ1v) is 32.5. The third kappa shape index (κ3) is 60.4. The number of unbranched alkanes of at least 4 members (excludes halogenated alkanes) is 43. The Labute approximate surface area is 455 Å². The highest BCUT2D eigenvalue weighted by Crippen LogP contribution is 2.18. The fraction of sp³-hybridized carbons (Fsp3) is 0.866. The molecule has 0 aliphatic heterocycles. The predicted molar refractivity (Wildman–Crippen MR) is 316 cm³/mol. The van der Waals surface area contributed by atoms with Crippen LogP contribution in [0.5, 0.6) is 0 Å². The van der Waals surface area contributed by atoms with Crippen LogP contribution in [0.4, 0.5) is 0 Å². The Morgan fingerprint density at radius 3 is 0.822 bits per heavy atom. The van der Waals surface area contributed by atoms with Gasteiger partial charge in [0, 0.05) is 19.3 Å². The molecular weight excluding hydrogens is 901 g/mol. The number of carbonyl (C=O) groups is 3. The van der Waals surface area contributed by atoms with Crippen LogP contribution in [0.3, 0.4) is 0 Å². The predicted octanol–water partition coefficient (Wildman–Crippen LogP) is 22.0. The number of hydrogen-bond donors (Lipinski definition) is 0. The fourth-order valence-corrected chi connectivity index (χ4v) is 9.76. The van der Waals surface area contributed by atoms with E-state index in [0.29, 0.717) is 25.7 Å². The molecule has 6 nitrogen and oxygen atoms in total. The van der Waals surface area contributed by atoms with Gasteiger partial charge in [-0.1, -0.05) is 320 Å². The van der Waals surface area contributed by atoms with Gasteiger partial charge in [-0.15, -0.1) is 0 Å². The van der Waals surface area contributed by atoms with Gasteiger partial charge in [-0.05, 0) is 51.4 Å². The maximum atomic E-state index is 12.9. The van der Waals surface area contributed by atoms with E-state index in [-0.39, 0.29) is 31.1 Å². The molecule has 0 bridgehead atoms. The molecule has 428 valence electrons. The first-order valence-electron chi connectivity index (χ1n) is 32.5. The van der Waals surface area contributed by atoms with E-state index in [2.05, 4.69) is 57.2 Å². The molecule has 1 atom stereocenters. The number of ether oxygens (including phenoxy) is 3. The molecule has 73 heavy (non-hydrogen) atoms. The first kappa shape index (κ1) is 70.6. The van der Waals surface area contributed by atoms with Gasteiger partial charge in [0.2, 0.25) is 0 Å². The maximum Gasteiger partial charge on any atom is 0.306 e. The molecule has 0 N–H and O–H groups in total. The van der Waals surface area contributed by atoms with Crippen LogP contribution in [0.25, 0.3) is 0 Å². The molecule has 0 aliphatic carbocycles. The maximum absolute atomic E-state index is 12.9. The lowest BCUT2D eigenvalue weighted by Crippen LogP contribution is -2.30. The molecule has 0 aromatic heterocycles. The summed E-state index contributed by atoms with van der Waals surface area (Å²) in [5.41, 5.74) is 0. The SMILES string of the molecule is CCCCCCCC/C=C\C/C=C\C/C=C\CCCC(=O)OC[C@H](COC(=O)CCCCCCCCCCCCCCCCCCC)OC(=O)CCCCCCCCCCCCCCCCCCCCCCC. The second-order valence-electron chi connectivity index (χ2n) is 22.0. The highest BCUT2D eigenvalue weighted by molar-refractivity contribution is 5.71. The Bertz CT molecular complexity index is 1220. The normalized spacial score (nSPS) is 12.2. The minimum absolute atomic E-state index is 0.0821. The Morgan fingerprint density at radius 1 is 0.274 bits per heavy atom. The zero-order valence-corrected chi connectivity index (χ0v) is 49.2. The summed E-state index contributed by atoms with van der Waals surface area (Å²) in [5.74, 6) is -0.910. The zero-order chi connectivity index (χ0) is 52.9. The second kappa shape index (κ2) is 62.2. The van der Waals surface area contributed by atoms with Crippen LogP contribution in [-0.4, -0.2) is 37.2 Å². The van der Waals surface area contributed by atoms with Gasteiger partial charge in [0.05, 0.1) is 0 Å². The molecule has 0 heterocycles. The van der Waals surface area contributed by atoms with Gasteiger partial charge in [-0.2, -0.15) is 0 Å². The molecule has 0 fully saturated rings. The lowest BCUT2D eigenvalue weighted by atomic mass is 10.0. The van der Waals surface area contributed by atoms with Crippen molar-refractivity contribution in [1.82, 2.24) is 0 Å². The third-order valence-electron chi connectivity index (χ3n) is 14.6. The van der Waals surface area contributed by atoms with Crippen LogP contribution in [0, 0.1) is 0 Å². The summed E-state index contributed by atoms with van der Waals surface area (Å²) in [7, 11) is 0. The minimum Gasteiger partial charge on any atom is -0.462 e. The number of hydrogen-bond acceptors (Lipinski definition) is 6. The largest absolute Gasteiger partial charge is 0.462 e. The zero-order valence-electron chi connectivity index (χ0n) is 49.2. The topological polar surface area (TPSA) is 78.9 Å². The number of carbonyl (C=O) groups excluding carboxylic acids is 3. The number of esters is 3. The van der Waals surface area contributed by atoms with E-state index in [9.17, 15) is 14.4 Å². The van der Waals surface area contributed by atoms with E-state index in [4.69, 9.17) is 14.2 Å². The summed E-state index contributed by atoms with van der Waals surface area (Å²) in [6, 6.07) is 0. The molecule has 0 saturated carbocycles. The Hall–Kier alpha value is -2.37. The smallest absolute Gasteiger partial charge is 0.306 e. The van der Waals surface area contributed by atoms with E-state index in [1.807, 2.05) is 0 Å². The van der Waals surface area contributed by atoms with Crippen molar-refractivity contribution >= 4 is 17.9 Å². The average molecular weight is 1030 g/mol. The molecule has 0 aliphatic rings. The molecule has 0 aromatic carbocycles. The molecule has 0 unspecified atom stereocenters. The fourth-order valence-electron chi connectivity index (χ4n) is 9.76. The Morgan fingerprint density at radius 2 is 0.507 bits per heavy atom. The van der Waals surface area contributed by atoms with Gasteiger partial charge in [0.25, 0.3) is 0 Å². The van der Waals surface area contributed by atoms with Gasteiger partial charge in [-0.3, -0.25) is 14.4 Å². The Balaban J connectivity index is 4.36. The van der Waals surface area contributed by atoms with Crippen molar-refractivity contribution in [3.8, 4) is 0 Å². The van der Waals surface area contributed by atoms with E-state index >= 15 is 0 Å². The summed E-state index contributed by atoms with van der Waals surface area (Å²) >= 11 is 0. The lowest BCUT2D eigenvalue weighted by Gasteiger charge is -2.18. The van der Waals surface area contributed by atoms with Gasteiger partial charge in [0.15, 0.2) is 6.10 Å². The molecule has 0 spiro atoms. The van der Waals surface area contributed by atoms with Gasteiger partial charge in [0.1, 0.15) is 13.2 Å². The number of allylic oxidation sites excluding steroid dienone is 6. The molecule has 6 heteroatoms. The Kier molecular flexibility index (Phi) is 60.2. The van der Waals surface area contributed by atoms with E-state index < -0.39 is 6.10 Å². The summed E-state index contributed by atoms with van der Waals surface area (Å²) in [6.45, 7) is 6.66. The van der Waals surface area contributed by atoms with Crippen LogP contribution in [0.1, 0.15) is 355 Å². The highest BCUT2D eigenvalue weighted by Gasteiger charge is 2.19. The molecule has 0 amide bonds. The van der Waals surface area contributed by atoms with Crippen LogP contribution in [0.15, 0.2) is 36.5 Å². The van der Waals surface area contributed by atoms with Crippen molar-refractivity contribution < 1.29 is 28.6 Å². The minimum atomic E-state index is -0.789. The van der Waals surface area contributed by atoms with Crippen molar-refractivity contribution in [3.63, 3.8) is 0 Å². The third-order valence-corrected chi connectivity index (χ3v) is 14.6. The highest BCUT2D eigenvalue weighted by atomic mass is 16.6. The summed E-state index contributed by atoms with van der Waals surface area (Å²) in [4.78, 5) is 38.3. The van der Waals surface area contributed by atoms with Crippen molar-refractivity contribution in [2.24, 2.45) is 0 Å². The van der Waals surface area contributed by atoms with Crippen molar-refractivity contribution in [2.75, 3.05) is 13.2 Å². The van der Waals surface area contributed by atoms with Crippen LogP contribution >= 0.6 is 0 Å². The summed E-state index contributed by atoms with van der Waals surface area (Å²) in [5, 5.41) is 0. The lowest BCUT2D eigenvalue weighted by molar-refractivity contribution is -0.167. The standard InChI is InChI=1S/C67H124O6/c1-4-7-10-13-16-19-22-25-28-31-32-33-34-37-40-43-46-49-52-55-58-61-67(70)73-64(62-71-65(68)59-56-53-50-47-44-41-38-35-29-26-23-20-17-14-11-8-5-2)63-72-66(69)60-57-54-51-48-45-42-39-36-30-27-24-21-18-15-12-9-6-3/h26,29,38,41,47,50,64H,4-25,27-28,30-37,39-40,42-46,48-49,51-63H2,1-3H3/b29-26-,41-38-,50-47-/t64-/m1/s1. The van der Waals surface area contributed by atoms with Crippen molar-refractivity contribution in [3.05, 3.63) is 36.5 Å².